The molecule has 0 radical (unpaired) electrons. The minimum Gasteiger partial charge on any atom is -0.368 e. The summed E-state index contributed by atoms with van der Waals surface area (Å²) >= 11 is 6.02. The summed E-state index contributed by atoms with van der Waals surface area (Å²) in [5.41, 5.74) is 4.02. The van der Waals surface area contributed by atoms with Crippen LogP contribution in [-0.2, 0) is 0 Å². The van der Waals surface area contributed by atoms with Crippen LogP contribution in [-0.4, -0.2) is 5.50 Å². The molecule has 1 atom stereocenters. The molecule has 68 valence electrons. The maximum atomic E-state index is 8.90. The number of halogens is 1. The van der Waals surface area contributed by atoms with Crippen molar-refractivity contribution in [3.8, 4) is 6.07 Å². The molecule has 0 saturated carbocycles. The quantitative estimate of drug-likeness (QED) is 0.475. The van der Waals surface area contributed by atoms with Crippen LogP contribution in [0.5, 0.6) is 0 Å². The molecule has 2 rings (SSSR count). The average molecular weight is 195 g/mol. The molecule has 13 heavy (non-hydrogen) atoms. The lowest BCUT2D eigenvalue weighted by atomic mass is 9.98. The Morgan fingerprint density at radius 3 is 3.00 bits per heavy atom. The lowest BCUT2D eigenvalue weighted by Gasteiger charge is -2.23. The fourth-order valence-corrected chi connectivity index (χ4v) is 2.38. The lowest BCUT2D eigenvalue weighted by Crippen LogP contribution is -2.29. The smallest absolute Gasteiger partial charge is 0.137 e. The first-order chi connectivity index (χ1) is 6.24. The zero-order valence-corrected chi connectivity index (χ0v) is 8.28. The van der Waals surface area contributed by atoms with E-state index in [1.165, 1.54) is 17.7 Å². The highest BCUT2D eigenvalue weighted by Crippen LogP contribution is 2.36. The molecule has 0 spiro atoms. The average Bonchev–Trinajstić information content (AvgIpc) is 2.53. The summed E-state index contributed by atoms with van der Waals surface area (Å²) in [6.07, 6.45) is 3.34. The van der Waals surface area contributed by atoms with Crippen molar-refractivity contribution in [1.82, 2.24) is 5.32 Å². The molecule has 0 amide bonds. The van der Waals surface area contributed by atoms with Crippen molar-refractivity contribution in [3.63, 3.8) is 0 Å². The Hall–Kier alpha value is -0.940. The zero-order valence-electron chi connectivity index (χ0n) is 7.52. The zero-order chi connectivity index (χ0) is 9.42. The number of hydrogen-bond donors (Lipinski definition) is 1. The minimum absolute atomic E-state index is 0.318. The topological polar surface area (TPSA) is 35.8 Å². The van der Waals surface area contributed by atoms with Crippen molar-refractivity contribution in [2.24, 2.45) is 0 Å². The van der Waals surface area contributed by atoms with Gasteiger partial charge in [0.2, 0.25) is 0 Å². The lowest BCUT2D eigenvalue weighted by molar-refractivity contribution is 0.760. The van der Waals surface area contributed by atoms with Crippen LogP contribution in [0.4, 0.5) is 0 Å². The molecule has 2 nitrogen and oxygen atoms in total. The number of nitrogens with one attached hydrogen (secondary N) is 1. The summed E-state index contributed by atoms with van der Waals surface area (Å²) in [6.45, 7) is 2.00. The summed E-state index contributed by atoms with van der Waals surface area (Å²) in [4.78, 5) is 0. The maximum absolute atomic E-state index is 8.90. The first-order valence-corrected chi connectivity index (χ1v) is 4.91. The molecule has 0 aromatic heterocycles. The van der Waals surface area contributed by atoms with E-state index < -0.39 is 0 Å². The van der Waals surface area contributed by atoms with Gasteiger partial charge >= 0.3 is 0 Å². The molecule has 1 heterocycles. The third-order valence-corrected chi connectivity index (χ3v) is 3.08. The second-order valence-electron chi connectivity index (χ2n) is 3.47. The Bertz CT molecular complexity index is 346. The van der Waals surface area contributed by atoms with E-state index in [-0.39, 0.29) is 5.50 Å². The standard InChI is InChI=1S/C10H11ClN2/c1-6-7-3-2-4-9(7)13-10(11)8(6)5-12/h10,13H,2-4H2,1H3. The van der Waals surface area contributed by atoms with Crippen molar-refractivity contribution in [2.75, 3.05) is 0 Å². The molecule has 1 unspecified atom stereocenters. The molecule has 1 N–H and O–H groups in total. The minimum atomic E-state index is -0.318. The number of nitriles is 1. The fourth-order valence-electron chi connectivity index (χ4n) is 2.04. The number of dihydropyridines is 1. The normalized spacial score (nSPS) is 27.0. The maximum Gasteiger partial charge on any atom is 0.137 e. The monoisotopic (exact) mass is 194 g/mol. The first kappa shape index (κ1) is 8.65. The predicted octanol–water partition coefficient (Wildman–Crippen LogP) is 2.43. The Morgan fingerprint density at radius 2 is 2.31 bits per heavy atom. The van der Waals surface area contributed by atoms with Crippen molar-refractivity contribution in [1.29, 1.82) is 5.26 Å². The first-order valence-electron chi connectivity index (χ1n) is 4.48. The Morgan fingerprint density at radius 1 is 1.54 bits per heavy atom. The van der Waals surface area contributed by atoms with Gasteiger partial charge in [0.15, 0.2) is 0 Å². The Kier molecular flexibility index (Phi) is 2.05. The van der Waals surface area contributed by atoms with Gasteiger partial charge in [-0.05, 0) is 37.3 Å². The highest BCUT2D eigenvalue weighted by molar-refractivity contribution is 6.22. The van der Waals surface area contributed by atoms with E-state index in [0.717, 1.165) is 18.4 Å². The molecule has 0 aromatic carbocycles. The van der Waals surface area contributed by atoms with Gasteiger partial charge in [0.05, 0.1) is 11.6 Å². The van der Waals surface area contributed by atoms with E-state index in [0.29, 0.717) is 5.57 Å². The van der Waals surface area contributed by atoms with Crippen LogP contribution in [0.1, 0.15) is 26.2 Å². The van der Waals surface area contributed by atoms with Crippen LogP contribution in [0, 0.1) is 11.3 Å². The Labute approximate surface area is 82.9 Å². The molecule has 0 fully saturated rings. The third-order valence-electron chi connectivity index (χ3n) is 2.75. The van der Waals surface area contributed by atoms with Crippen LogP contribution in [0.15, 0.2) is 22.4 Å². The van der Waals surface area contributed by atoms with Gasteiger partial charge in [-0.25, -0.2) is 0 Å². The molecule has 0 saturated heterocycles. The van der Waals surface area contributed by atoms with Gasteiger partial charge in [0.25, 0.3) is 0 Å². The molecular weight excluding hydrogens is 184 g/mol. The number of allylic oxidation sites excluding steroid dienone is 3. The number of alkyl halides is 1. The molecular formula is C10H11ClN2. The Balaban J connectivity index is 2.46. The summed E-state index contributed by atoms with van der Waals surface area (Å²) in [5, 5.41) is 12.1. The highest BCUT2D eigenvalue weighted by Gasteiger charge is 2.27. The summed E-state index contributed by atoms with van der Waals surface area (Å²) in [6, 6.07) is 2.17. The fraction of sp³-hybridized carbons (Fsp3) is 0.500. The summed E-state index contributed by atoms with van der Waals surface area (Å²) in [5.74, 6) is 0. The summed E-state index contributed by atoms with van der Waals surface area (Å²) < 4.78 is 0. The van der Waals surface area contributed by atoms with E-state index in [9.17, 15) is 0 Å². The van der Waals surface area contributed by atoms with Crippen molar-refractivity contribution >= 4 is 11.6 Å². The van der Waals surface area contributed by atoms with Gasteiger partial charge < -0.3 is 5.32 Å². The van der Waals surface area contributed by atoms with Crippen LogP contribution in [0.25, 0.3) is 0 Å². The van der Waals surface area contributed by atoms with E-state index >= 15 is 0 Å². The molecule has 1 aliphatic heterocycles. The van der Waals surface area contributed by atoms with E-state index in [2.05, 4.69) is 11.4 Å². The number of nitrogens with zero attached hydrogens (tertiary/aromatic N) is 1. The summed E-state index contributed by atoms with van der Waals surface area (Å²) in [7, 11) is 0. The molecule has 0 aromatic rings. The van der Waals surface area contributed by atoms with Gasteiger partial charge in [-0.15, -0.1) is 0 Å². The van der Waals surface area contributed by atoms with Crippen LogP contribution >= 0.6 is 11.6 Å². The van der Waals surface area contributed by atoms with E-state index in [1.54, 1.807) is 0 Å². The van der Waals surface area contributed by atoms with E-state index in [1.807, 2.05) is 6.92 Å². The van der Waals surface area contributed by atoms with Gasteiger partial charge in [0.1, 0.15) is 5.50 Å². The van der Waals surface area contributed by atoms with Crippen LogP contribution < -0.4 is 5.32 Å². The third kappa shape index (κ3) is 1.24. The van der Waals surface area contributed by atoms with Gasteiger partial charge in [-0.2, -0.15) is 5.26 Å². The number of hydrogen-bond acceptors (Lipinski definition) is 2. The second-order valence-corrected chi connectivity index (χ2v) is 3.90. The van der Waals surface area contributed by atoms with Crippen LogP contribution in [0.3, 0.4) is 0 Å². The van der Waals surface area contributed by atoms with Gasteiger partial charge in [-0.1, -0.05) is 11.6 Å². The molecule has 0 bridgehead atoms. The predicted molar refractivity (Wildman–Crippen MR) is 52.0 cm³/mol. The van der Waals surface area contributed by atoms with Crippen molar-refractivity contribution in [2.45, 2.75) is 31.7 Å². The molecule has 2 aliphatic rings. The van der Waals surface area contributed by atoms with Gasteiger partial charge in [0, 0.05) is 5.70 Å². The second kappa shape index (κ2) is 3.08. The van der Waals surface area contributed by atoms with Gasteiger partial charge in [-0.3, -0.25) is 0 Å². The van der Waals surface area contributed by atoms with Crippen LogP contribution in [0.2, 0.25) is 0 Å². The SMILES string of the molecule is CC1=C(C#N)C(Cl)NC2=C1CCC2. The van der Waals surface area contributed by atoms with Crippen molar-refractivity contribution in [3.05, 3.63) is 22.4 Å². The van der Waals surface area contributed by atoms with Crippen molar-refractivity contribution < 1.29 is 0 Å². The molecule has 3 heteroatoms. The molecule has 1 aliphatic carbocycles. The largest absolute Gasteiger partial charge is 0.368 e. The number of rotatable bonds is 0. The van der Waals surface area contributed by atoms with E-state index in [4.69, 9.17) is 16.9 Å². The highest BCUT2D eigenvalue weighted by atomic mass is 35.5.